The van der Waals surface area contributed by atoms with Crippen LogP contribution in [0.3, 0.4) is 0 Å². The van der Waals surface area contributed by atoms with Gasteiger partial charge < -0.3 is 4.90 Å². The molecule has 0 bridgehead atoms. The van der Waals surface area contributed by atoms with Gasteiger partial charge in [-0.25, -0.2) is 0 Å². The first-order valence-electron chi connectivity index (χ1n) is 7.74. The van der Waals surface area contributed by atoms with Crippen molar-refractivity contribution in [1.82, 2.24) is 4.90 Å². The zero-order valence-electron chi connectivity index (χ0n) is 13.0. The number of likely N-dealkylation sites (N-methyl/N-ethyl adjacent to an activating group) is 1. The summed E-state index contributed by atoms with van der Waals surface area (Å²) in [6.45, 7) is 0.565. The molecule has 0 aromatic heterocycles. The Morgan fingerprint density at radius 1 is 1.48 bits per heavy atom. The van der Waals surface area contributed by atoms with E-state index in [1.807, 2.05) is 30.3 Å². The van der Waals surface area contributed by atoms with E-state index in [9.17, 15) is 4.79 Å². The van der Waals surface area contributed by atoms with E-state index in [0.29, 0.717) is 29.7 Å². The zero-order chi connectivity index (χ0) is 16.4. The molecule has 1 aromatic carbocycles. The van der Waals surface area contributed by atoms with Crippen LogP contribution in [0.1, 0.15) is 24.8 Å². The number of nitrogens with zero attached hydrogens (tertiary/aromatic N) is 3. The van der Waals surface area contributed by atoms with Gasteiger partial charge >= 0.3 is 0 Å². The number of aliphatic imine (C=N–C) groups is 1. The zero-order valence-corrected chi connectivity index (χ0v) is 13.8. The van der Waals surface area contributed by atoms with Crippen LogP contribution in [0.5, 0.6) is 0 Å². The number of hydrogen-bond donors (Lipinski definition) is 0. The first-order valence-corrected chi connectivity index (χ1v) is 8.11. The van der Waals surface area contributed by atoms with Crippen LogP contribution in [0.25, 0.3) is 5.57 Å². The van der Waals surface area contributed by atoms with Gasteiger partial charge in [0.05, 0.1) is 12.6 Å². The highest BCUT2D eigenvalue weighted by Gasteiger charge is 2.36. The minimum Gasteiger partial charge on any atom is -0.300 e. The average Bonchev–Trinajstić information content (AvgIpc) is 2.99. The summed E-state index contributed by atoms with van der Waals surface area (Å²) in [6, 6.07) is 9.83. The molecule has 0 saturated heterocycles. The lowest BCUT2D eigenvalue weighted by Crippen LogP contribution is -2.42. The lowest BCUT2D eigenvalue weighted by Gasteiger charge is -2.35. The first kappa shape index (κ1) is 15.8. The summed E-state index contributed by atoms with van der Waals surface area (Å²) in [5, 5.41) is 9.38. The van der Waals surface area contributed by atoms with E-state index in [4.69, 9.17) is 16.9 Å². The number of carbonyl (C=O) groups excluding carboxylic acids is 1. The summed E-state index contributed by atoms with van der Waals surface area (Å²) in [4.78, 5) is 18.6. The molecule has 0 N–H and O–H groups in total. The highest BCUT2D eigenvalue weighted by Crippen LogP contribution is 2.37. The number of rotatable bonds is 3. The first-order chi connectivity index (χ1) is 11.1. The van der Waals surface area contributed by atoms with E-state index < -0.39 is 0 Å². The van der Waals surface area contributed by atoms with Crippen molar-refractivity contribution in [2.75, 3.05) is 13.6 Å². The Kier molecular flexibility index (Phi) is 4.49. The summed E-state index contributed by atoms with van der Waals surface area (Å²) in [5.41, 5.74) is 2.10. The van der Waals surface area contributed by atoms with E-state index in [0.717, 1.165) is 24.0 Å². The Balaban J connectivity index is 1.64. The molecule has 0 radical (unpaired) electrons. The number of benzene rings is 1. The maximum atomic E-state index is 12.5. The smallest absolute Gasteiger partial charge is 0.231 e. The minimum absolute atomic E-state index is 0.0321. The Labute approximate surface area is 141 Å². The van der Waals surface area contributed by atoms with Gasteiger partial charge in [-0.2, -0.15) is 5.26 Å². The number of amides is 1. The summed E-state index contributed by atoms with van der Waals surface area (Å²) >= 11 is 6.03. The largest absolute Gasteiger partial charge is 0.300 e. The van der Waals surface area contributed by atoms with Crippen LogP contribution >= 0.6 is 11.6 Å². The van der Waals surface area contributed by atoms with Crippen molar-refractivity contribution >= 4 is 28.9 Å². The molecule has 1 fully saturated rings. The second-order valence-corrected chi connectivity index (χ2v) is 6.58. The SMILES string of the molecule is CN(C(=O)C1CC(CC#N)C1)C1=NCC(c2cccc(Cl)c2)=C1. The fraction of sp³-hybridized carbons (Fsp3) is 0.389. The van der Waals surface area contributed by atoms with Crippen LogP contribution in [0.4, 0.5) is 0 Å². The maximum Gasteiger partial charge on any atom is 0.231 e. The third kappa shape index (κ3) is 3.30. The van der Waals surface area contributed by atoms with Gasteiger partial charge in [-0.3, -0.25) is 9.79 Å². The second kappa shape index (κ2) is 6.55. The maximum absolute atomic E-state index is 12.5. The molecule has 0 spiro atoms. The van der Waals surface area contributed by atoms with Gasteiger partial charge in [0.25, 0.3) is 0 Å². The molecular weight excluding hydrogens is 310 g/mol. The average molecular weight is 328 g/mol. The van der Waals surface area contributed by atoms with Crippen LogP contribution in [0.2, 0.25) is 5.02 Å². The van der Waals surface area contributed by atoms with Gasteiger partial charge in [-0.15, -0.1) is 0 Å². The van der Waals surface area contributed by atoms with Crippen molar-refractivity contribution in [3.8, 4) is 6.07 Å². The van der Waals surface area contributed by atoms with Crippen molar-refractivity contribution in [1.29, 1.82) is 5.26 Å². The van der Waals surface area contributed by atoms with Crippen molar-refractivity contribution in [3.63, 3.8) is 0 Å². The standard InChI is InChI=1S/C18H18ClN3O/c1-22(18(23)14-7-12(8-14)5-6-20)17-10-15(11-21-17)13-3-2-4-16(19)9-13/h2-4,9-10,12,14H,5,7-8,11H2,1H3. The molecule has 1 aromatic rings. The molecule has 5 heteroatoms. The second-order valence-electron chi connectivity index (χ2n) is 6.15. The highest BCUT2D eigenvalue weighted by atomic mass is 35.5. The summed E-state index contributed by atoms with van der Waals surface area (Å²) in [6.07, 6.45) is 4.13. The molecule has 0 atom stereocenters. The van der Waals surface area contributed by atoms with Crippen LogP contribution in [-0.2, 0) is 4.79 Å². The number of amidine groups is 1. The van der Waals surface area contributed by atoms with Gasteiger partial charge in [-0.05, 0) is 48.1 Å². The van der Waals surface area contributed by atoms with Gasteiger partial charge in [0.1, 0.15) is 5.84 Å². The lowest BCUT2D eigenvalue weighted by atomic mass is 9.73. The molecule has 1 aliphatic carbocycles. The summed E-state index contributed by atoms with van der Waals surface area (Å²) in [5.74, 6) is 1.21. The molecule has 1 amide bonds. The van der Waals surface area contributed by atoms with E-state index in [-0.39, 0.29) is 11.8 Å². The molecule has 1 aliphatic heterocycles. The molecule has 2 aliphatic rings. The number of halogens is 1. The van der Waals surface area contributed by atoms with Gasteiger partial charge in [-0.1, -0.05) is 23.7 Å². The van der Waals surface area contributed by atoms with Gasteiger partial charge in [0.2, 0.25) is 5.91 Å². The lowest BCUT2D eigenvalue weighted by molar-refractivity contribution is -0.134. The van der Waals surface area contributed by atoms with Crippen LogP contribution in [0.15, 0.2) is 35.3 Å². The normalized spacial score (nSPS) is 22.7. The van der Waals surface area contributed by atoms with Crippen LogP contribution in [-0.4, -0.2) is 30.2 Å². The Hall–Kier alpha value is -2.12. The van der Waals surface area contributed by atoms with E-state index in [2.05, 4.69) is 11.1 Å². The van der Waals surface area contributed by atoms with Crippen molar-refractivity contribution in [2.45, 2.75) is 19.3 Å². The fourth-order valence-corrected chi connectivity index (χ4v) is 3.29. The third-order valence-electron chi connectivity index (χ3n) is 4.55. The predicted octanol–water partition coefficient (Wildman–Crippen LogP) is 3.53. The quantitative estimate of drug-likeness (QED) is 0.852. The Bertz CT molecular complexity index is 726. The molecular formula is C18H18ClN3O. The van der Waals surface area contributed by atoms with Gasteiger partial charge in [0, 0.05) is 24.4 Å². The monoisotopic (exact) mass is 327 g/mol. The summed E-state index contributed by atoms with van der Waals surface area (Å²) in [7, 11) is 1.77. The third-order valence-corrected chi connectivity index (χ3v) is 4.78. The topological polar surface area (TPSA) is 56.5 Å². The molecule has 1 saturated carbocycles. The molecule has 1 heterocycles. The molecule has 0 unspecified atom stereocenters. The van der Waals surface area contributed by atoms with Crippen molar-refractivity contribution < 1.29 is 4.79 Å². The number of hydrogen-bond acceptors (Lipinski definition) is 3. The molecule has 3 rings (SSSR count). The predicted molar refractivity (Wildman–Crippen MR) is 90.9 cm³/mol. The van der Waals surface area contributed by atoms with Crippen molar-refractivity contribution in [3.05, 3.63) is 40.9 Å². The van der Waals surface area contributed by atoms with E-state index in [1.54, 1.807) is 11.9 Å². The molecule has 4 nitrogen and oxygen atoms in total. The van der Waals surface area contributed by atoms with Crippen LogP contribution < -0.4 is 0 Å². The highest BCUT2D eigenvalue weighted by molar-refractivity contribution is 6.30. The summed E-state index contributed by atoms with van der Waals surface area (Å²) < 4.78 is 0. The van der Waals surface area contributed by atoms with Crippen molar-refractivity contribution in [2.24, 2.45) is 16.8 Å². The van der Waals surface area contributed by atoms with Gasteiger partial charge in [0.15, 0.2) is 0 Å². The van der Waals surface area contributed by atoms with E-state index in [1.165, 1.54) is 0 Å². The Morgan fingerprint density at radius 3 is 2.96 bits per heavy atom. The number of nitriles is 1. The molecule has 23 heavy (non-hydrogen) atoms. The minimum atomic E-state index is 0.0321. The number of carbonyl (C=O) groups is 1. The van der Waals surface area contributed by atoms with E-state index >= 15 is 0 Å². The van der Waals surface area contributed by atoms with Crippen LogP contribution in [0, 0.1) is 23.2 Å². The fourth-order valence-electron chi connectivity index (χ4n) is 3.10. The Morgan fingerprint density at radius 2 is 2.26 bits per heavy atom. The molecule has 118 valence electrons.